The maximum atomic E-state index is 12.3. The molecule has 0 aromatic carbocycles. The molecule has 1 aliphatic heterocycles. The minimum absolute atomic E-state index is 0.0763. The first-order valence-electron chi connectivity index (χ1n) is 7.46. The second-order valence-corrected chi connectivity index (χ2v) is 5.38. The molecule has 5 heteroatoms. The highest BCUT2D eigenvalue weighted by Crippen LogP contribution is 2.34. The zero-order valence-corrected chi connectivity index (χ0v) is 12.1. The van der Waals surface area contributed by atoms with Gasteiger partial charge in [0.25, 0.3) is 0 Å². The molecular formula is C14H26N2O3. The van der Waals surface area contributed by atoms with Crippen LogP contribution in [0.2, 0.25) is 0 Å². The number of nitrogens with zero attached hydrogens (tertiary/aromatic N) is 1. The van der Waals surface area contributed by atoms with E-state index >= 15 is 0 Å². The number of hydrogen-bond donors (Lipinski definition) is 1. The molecule has 2 aliphatic rings. The molecule has 2 atom stereocenters. The van der Waals surface area contributed by atoms with Gasteiger partial charge in [-0.2, -0.15) is 0 Å². The average molecular weight is 270 g/mol. The molecule has 0 aromatic rings. The van der Waals surface area contributed by atoms with Gasteiger partial charge in [-0.05, 0) is 32.7 Å². The molecule has 2 fully saturated rings. The second-order valence-electron chi connectivity index (χ2n) is 5.38. The van der Waals surface area contributed by atoms with Crippen LogP contribution in [-0.4, -0.2) is 61.9 Å². The van der Waals surface area contributed by atoms with E-state index in [1.165, 1.54) is 0 Å². The van der Waals surface area contributed by atoms with Crippen LogP contribution < -0.4 is 5.32 Å². The molecule has 19 heavy (non-hydrogen) atoms. The van der Waals surface area contributed by atoms with Crippen molar-refractivity contribution >= 4 is 5.97 Å². The monoisotopic (exact) mass is 270 g/mol. The fraction of sp³-hybridized carbons (Fsp3) is 0.929. The van der Waals surface area contributed by atoms with Gasteiger partial charge in [-0.25, -0.2) is 0 Å². The molecule has 2 unspecified atom stereocenters. The Balaban J connectivity index is 1.99. The van der Waals surface area contributed by atoms with E-state index in [1.807, 2.05) is 13.8 Å². The van der Waals surface area contributed by atoms with Crippen LogP contribution in [0.15, 0.2) is 0 Å². The van der Waals surface area contributed by atoms with Gasteiger partial charge < -0.3 is 14.8 Å². The average Bonchev–Trinajstić information content (AvgIpc) is 2.86. The molecule has 110 valence electrons. The van der Waals surface area contributed by atoms with Gasteiger partial charge in [0, 0.05) is 19.1 Å². The van der Waals surface area contributed by atoms with Crippen molar-refractivity contribution in [3.63, 3.8) is 0 Å². The summed E-state index contributed by atoms with van der Waals surface area (Å²) in [6.45, 7) is 8.75. The molecule has 1 saturated carbocycles. The van der Waals surface area contributed by atoms with Crippen LogP contribution in [0.5, 0.6) is 0 Å². The Kier molecular flexibility index (Phi) is 5.19. The van der Waals surface area contributed by atoms with Crippen LogP contribution in [0.3, 0.4) is 0 Å². The van der Waals surface area contributed by atoms with Crippen LogP contribution in [0, 0.1) is 0 Å². The summed E-state index contributed by atoms with van der Waals surface area (Å²) >= 11 is 0. The number of rotatable bonds is 5. The summed E-state index contributed by atoms with van der Waals surface area (Å²) in [4.78, 5) is 14.7. The molecule has 1 N–H and O–H groups in total. The van der Waals surface area contributed by atoms with Gasteiger partial charge in [0.15, 0.2) is 0 Å². The highest BCUT2D eigenvalue weighted by molar-refractivity contribution is 5.81. The number of carbonyl (C=O) groups is 1. The van der Waals surface area contributed by atoms with Gasteiger partial charge in [-0.15, -0.1) is 0 Å². The van der Waals surface area contributed by atoms with Gasteiger partial charge >= 0.3 is 5.97 Å². The first kappa shape index (κ1) is 14.8. The lowest BCUT2D eigenvalue weighted by atomic mass is 9.97. The summed E-state index contributed by atoms with van der Waals surface area (Å²) in [5.41, 5.74) is -0.465. The second kappa shape index (κ2) is 6.68. The van der Waals surface area contributed by atoms with E-state index in [1.54, 1.807) is 0 Å². The zero-order chi connectivity index (χ0) is 13.7. The molecule has 0 bridgehead atoms. The van der Waals surface area contributed by atoms with Crippen LogP contribution in [0.1, 0.15) is 33.1 Å². The third-order valence-electron chi connectivity index (χ3n) is 4.23. The Bertz CT molecular complexity index is 305. The largest absolute Gasteiger partial charge is 0.465 e. The summed E-state index contributed by atoms with van der Waals surface area (Å²) < 4.78 is 10.7. The summed E-state index contributed by atoms with van der Waals surface area (Å²) in [6.07, 6.45) is 2.80. The van der Waals surface area contributed by atoms with E-state index in [-0.39, 0.29) is 5.97 Å². The molecule has 0 spiro atoms. The topological polar surface area (TPSA) is 50.8 Å². The molecule has 0 amide bonds. The maximum Gasteiger partial charge on any atom is 0.326 e. The van der Waals surface area contributed by atoms with Gasteiger partial charge in [-0.1, -0.05) is 6.92 Å². The van der Waals surface area contributed by atoms with Crippen molar-refractivity contribution in [1.29, 1.82) is 0 Å². The normalized spacial score (nSPS) is 32.4. The number of carbonyl (C=O) groups excluding carboxylic acids is 1. The van der Waals surface area contributed by atoms with Crippen molar-refractivity contribution in [3.05, 3.63) is 0 Å². The van der Waals surface area contributed by atoms with Crippen molar-refractivity contribution in [2.75, 3.05) is 39.5 Å². The SMILES string of the molecule is CCNC1(C(=O)OCC)CCC(N2CCOCC2)C1. The lowest BCUT2D eigenvalue weighted by molar-refractivity contribution is -0.151. The smallest absolute Gasteiger partial charge is 0.326 e. The Labute approximate surface area is 115 Å². The molecule has 0 aromatic heterocycles. The molecule has 1 aliphatic carbocycles. The van der Waals surface area contributed by atoms with Crippen LogP contribution in [0.4, 0.5) is 0 Å². The fourth-order valence-electron chi connectivity index (χ4n) is 3.30. The Morgan fingerprint density at radius 3 is 2.79 bits per heavy atom. The Morgan fingerprint density at radius 2 is 2.16 bits per heavy atom. The summed E-state index contributed by atoms with van der Waals surface area (Å²) in [6, 6.07) is 0.479. The number of nitrogens with one attached hydrogen (secondary N) is 1. The van der Waals surface area contributed by atoms with Crippen LogP contribution >= 0.6 is 0 Å². The lowest BCUT2D eigenvalue weighted by Gasteiger charge is -2.34. The minimum atomic E-state index is -0.465. The third-order valence-corrected chi connectivity index (χ3v) is 4.23. The highest BCUT2D eigenvalue weighted by atomic mass is 16.5. The first-order valence-corrected chi connectivity index (χ1v) is 7.46. The van der Waals surface area contributed by atoms with E-state index in [9.17, 15) is 4.79 Å². The first-order chi connectivity index (χ1) is 9.22. The van der Waals surface area contributed by atoms with Crippen molar-refractivity contribution < 1.29 is 14.3 Å². The Hall–Kier alpha value is -0.650. The molecule has 5 nitrogen and oxygen atoms in total. The summed E-state index contributed by atoms with van der Waals surface area (Å²) in [5, 5.41) is 3.38. The highest BCUT2D eigenvalue weighted by Gasteiger charge is 2.47. The quantitative estimate of drug-likeness (QED) is 0.748. The van der Waals surface area contributed by atoms with Gasteiger partial charge in [0.05, 0.1) is 19.8 Å². The van der Waals surface area contributed by atoms with E-state index in [0.29, 0.717) is 12.6 Å². The molecular weight excluding hydrogens is 244 g/mol. The fourth-order valence-corrected chi connectivity index (χ4v) is 3.30. The van der Waals surface area contributed by atoms with Gasteiger partial charge in [0.1, 0.15) is 5.54 Å². The minimum Gasteiger partial charge on any atom is -0.465 e. The van der Waals surface area contributed by atoms with E-state index in [0.717, 1.165) is 52.1 Å². The van der Waals surface area contributed by atoms with E-state index in [4.69, 9.17) is 9.47 Å². The Morgan fingerprint density at radius 1 is 1.42 bits per heavy atom. The van der Waals surface area contributed by atoms with Gasteiger partial charge in [0.2, 0.25) is 0 Å². The lowest BCUT2D eigenvalue weighted by Crippen LogP contribution is -2.52. The zero-order valence-electron chi connectivity index (χ0n) is 12.1. The van der Waals surface area contributed by atoms with E-state index < -0.39 is 5.54 Å². The van der Waals surface area contributed by atoms with Crippen molar-refractivity contribution in [3.8, 4) is 0 Å². The van der Waals surface area contributed by atoms with Crippen LogP contribution in [-0.2, 0) is 14.3 Å². The van der Waals surface area contributed by atoms with Crippen molar-refractivity contribution in [2.45, 2.75) is 44.7 Å². The standard InChI is InChI=1S/C14H26N2O3/c1-3-15-14(13(17)19-4-2)6-5-12(11-14)16-7-9-18-10-8-16/h12,15H,3-11H2,1-2H3. The molecule has 0 radical (unpaired) electrons. The summed E-state index contributed by atoms with van der Waals surface area (Å²) in [7, 11) is 0. The number of esters is 1. The number of morpholine rings is 1. The number of hydrogen-bond acceptors (Lipinski definition) is 5. The third kappa shape index (κ3) is 3.27. The maximum absolute atomic E-state index is 12.3. The molecule has 1 heterocycles. The number of likely N-dealkylation sites (N-methyl/N-ethyl adjacent to an activating group) is 1. The predicted molar refractivity (Wildman–Crippen MR) is 73.1 cm³/mol. The number of ether oxygens (including phenoxy) is 2. The van der Waals surface area contributed by atoms with Gasteiger partial charge in [-0.3, -0.25) is 9.69 Å². The van der Waals surface area contributed by atoms with Crippen molar-refractivity contribution in [2.24, 2.45) is 0 Å². The van der Waals surface area contributed by atoms with Crippen molar-refractivity contribution in [1.82, 2.24) is 10.2 Å². The summed E-state index contributed by atoms with van der Waals surface area (Å²) in [5.74, 6) is -0.0763. The molecule has 1 saturated heterocycles. The predicted octanol–water partition coefficient (Wildman–Crippen LogP) is 0.783. The molecule has 2 rings (SSSR count). The van der Waals surface area contributed by atoms with Crippen LogP contribution in [0.25, 0.3) is 0 Å². The van der Waals surface area contributed by atoms with E-state index in [2.05, 4.69) is 10.2 Å².